The van der Waals surface area contributed by atoms with E-state index in [2.05, 4.69) is 0 Å². The lowest BCUT2D eigenvalue weighted by atomic mass is 10.1. The molecule has 88 valence electrons. The van der Waals surface area contributed by atoms with Gasteiger partial charge in [0.05, 0.1) is 6.61 Å². The van der Waals surface area contributed by atoms with Crippen molar-refractivity contribution in [2.75, 3.05) is 6.61 Å². The number of hydrogen-bond acceptors (Lipinski definition) is 2. The van der Waals surface area contributed by atoms with Crippen molar-refractivity contribution in [3.05, 3.63) is 48.8 Å². The standard InChI is InChI=1S/C14H15NO2/c1-2-17-14(16)11-15-9-8-13(10-15)12-6-4-3-5-7-12/h3-10H,2,11H2,1H3. The highest BCUT2D eigenvalue weighted by Crippen LogP contribution is 2.18. The molecule has 0 saturated heterocycles. The summed E-state index contributed by atoms with van der Waals surface area (Å²) in [6.07, 6.45) is 3.84. The summed E-state index contributed by atoms with van der Waals surface area (Å²) in [6.45, 7) is 2.50. The van der Waals surface area contributed by atoms with Crippen LogP contribution in [0.15, 0.2) is 48.8 Å². The van der Waals surface area contributed by atoms with Gasteiger partial charge in [0.2, 0.25) is 0 Å². The minimum atomic E-state index is -0.206. The lowest BCUT2D eigenvalue weighted by Gasteiger charge is -2.02. The zero-order valence-electron chi connectivity index (χ0n) is 9.80. The van der Waals surface area contributed by atoms with Gasteiger partial charge in [-0.3, -0.25) is 4.79 Å². The summed E-state index contributed by atoms with van der Waals surface area (Å²) in [7, 11) is 0. The quantitative estimate of drug-likeness (QED) is 0.755. The molecule has 0 aliphatic carbocycles. The van der Waals surface area contributed by atoms with Gasteiger partial charge in [-0.1, -0.05) is 30.3 Å². The molecular formula is C14H15NO2. The Bertz CT molecular complexity index is 488. The van der Waals surface area contributed by atoms with Gasteiger partial charge in [0.25, 0.3) is 0 Å². The number of carbonyl (C=O) groups excluding carboxylic acids is 1. The third-order valence-corrected chi connectivity index (χ3v) is 2.47. The van der Waals surface area contributed by atoms with Gasteiger partial charge in [-0.15, -0.1) is 0 Å². The lowest BCUT2D eigenvalue weighted by Crippen LogP contribution is -2.11. The predicted molar refractivity (Wildman–Crippen MR) is 66.5 cm³/mol. The largest absolute Gasteiger partial charge is 0.465 e. The summed E-state index contributed by atoms with van der Waals surface area (Å²) in [6, 6.07) is 12.1. The zero-order valence-corrected chi connectivity index (χ0v) is 9.80. The van der Waals surface area contributed by atoms with Gasteiger partial charge in [-0.2, -0.15) is 0 Å². The van der Waals surface area contributed by atoms with E-state index >= 15 is 0 Å². The van der Waals surface area contributed by atoms with E-state index in [1.165, 1.54) is 0 Å². The SMILES string of the molecule is CCOC(=O)Cn1ccc(-c2ccccc2)c1. The summed E-state index contributed by atoms with van der Waals surface area (Å²) in [4.78, 5) is 11.3. The third-order valence-electron chi connectivity index (χ3n) is 2.47. The first kappa shape index (κ1) is 11.5. The highest BCUT2D eigenvalue weighted by molar-refractivity contribution is 5.70. The normalized spacial score (nSPS) is 10.2. The third kappa shape index (κ3) is 2.97. The Morgan fingerprint density at radius 1 is 1.18 bits per heavy atom. The molecule has 0 amide bonds. The van der Waals surface area contributed by atoms with Gasteiger partial charge in [-0.25, -0.2) is 0 Å². The van der Waals surface area contributed by atoms with Crippen molar-refractivity contribution in [3.8, 4) is 11.1 Å². The van der Waals surface area contributed by atoms with Crippen molar-refractivity contribution in [1.29, 1.82) is 0 Å². The van der Waals surface area contributed by atoms with E-state index in [4.69, 9.17) is 4.74 Å². The first-order chi connectivity index (χ1) is 8.29. The topological polar surface area (TPSA) is 31.2 Å². The molecule has 0 saturated carbocycles. The van der Waals surface area contributed by atoms with E-state index in [1.807, 2.05) is 60.3 Å². The molecule has 3 nitrogen and oxygen atoms in total. The Morgan fingerprint density at radius 3 is 2.65 bits per heavy atom. The molecule has 3 heteroatoms. The van der Waals surface area contributed by atoms with Gasteiger partial charge < -0.3 is 9.30 Å². The van der Waals surface area contributed by atoms with Gasteiger partial charge in [-0.05, 0) is 24.1 Å². The number of carbonyl (C=O) groups is 1. The Morgan fingerprint density at radius 2 is 1.94 bits per heavy atom. The van der Waals surface area contributed by atoms with Crippen LogP contribution in [0.3, 0.4) is 0 Å². The Labute approximate surface area is 101 Å². The molecule has 0 fully saturated rings. The van der Waals surface area contributed by atoms with Gasteiger partial charge in [0, 0.05) is 12.4 Å². The molecule has 0 spiro atoms. The van der Waals surface area contributed by atoms with E-state index in [9.17, 15) is 4.79 Å². The van der Waals surface area contributed by atoms with E-state index in [0.717, 1.165) is 11.1 Å². The molecule has 0 bridgehead atoms. The monoisotopic (exact) mass is 229 g/mol. The van der Waals surface area contributed by atoms with Crippen molar-refractivity contribution >= 4 is 5.97 Å². The molecule has 1 aromatic carbocycles. The fraction of sp³-hybridized carbons (Fsp3) is 0.214. The van der Waals surface area contributed by atoms with Gasteiger partial charge in [0.15, 0.2) is 0 Å². The van der Waals surface area contributed by atoms with E-state index < -0.39 is 0 Å². The molecule has 17 heavy (non-hydrogen) atoms. The van der Waals surface area contributed by atoms with Crippen LogP contribution in [0.4, 0.5) is 0 Å². The van der Waals surface area contributed by atoms with Crippen molar-refractivity contribution in [2.45, 2.75) is 13.5 Å². The second kappa shape index (κ2) is 5.34. The number of rotatable bonds is 4. The molecule has 1 heterocycles. The summed E-state index contributed by atoms with van der Waals surface area (Å²) in [5.41, 5.74) is 2.25. The molecule has 0 atom stereocenters. The Hall–Kier alpha value is -2.03. The average Bonchev–Trinajstić information content (AvgIpc) is 2.79. The van der Waals surface area contributed by atoms with Gasteiger partial charge in [0.1, 0.15) is 6.54 Å². The molecule has 2 aromatic rings. The van der Waals surface area contributed by atoms with Crippen LogP contribution in [-0.2, 0) is 16.1 Å². The zero-order chi connectivity index (χ0) is 12.1. The first-order valence-electron chi connectivity index (χ1n) is 5.66. The fourth-order valence-corrected chi connectivity index (χ4v) is 1.70. The minimum absolute atomic E-state index is 0.206. The number of ether oxygens (including phenoxy) is 1. The van der Waals surface area contributed by atoms with Crippen LogP contribution in [0.1, 0.15) is 6.92 Å². The molecule has 1 aromatic heterocycles. The number of benzene rings is 1. The highest BCUT2D eigenvalue weighted by Gasteiger charge is 2.04. The smallest absolute Gasteiger partial charge is 0.325 e. The van der Waals surface area contributed by atoms with E-state index in [1.54, 1.807) is 0 Å². The number of hydrogen-bond donors (Lipinski definition) is 0. The summed E-state index contributed by atoms with van der Waals surface area (Å²) >= 11 is 0. The highest BCUT2D eigenvalue weighted by atomic mass is 16.5. The summed E-state index contributed by atoms with van der Waals surface area (Å²) in [5.74, 6) is -0.206. The summed E-state index contributed by atoms with van der Waals surface area (Å²) in [5, 5.41) is 0. The minimum Gasteiger partial charge on any atom is -0.465 e. The van der Waals surface area contributed by atoms with Gasteiger partial charge >= 0.3 is 5.97 Å². The van der Waals surface area contributed by atoms with Crippen molar-refractivity contribution in [3.63, 3.8) is 0 Å². The van der Waals surface area contributed by atoms with Crippen LogP contribution in [0.25, 0.3) is 11.1 Å². The van der Waals surface area contributed by atoms with Crippen LogP contribution < -0.4 is 0 Å². The maximum absolute atomic E-state index is 11.3. The number of nitrogens with zero attached hydrogens (tertiary/aromatic N) is 1. The predicted octanol–water partition coefficient (Wildman–Crippen LogP) is 2.72. The molecule has 0 aliphatic heterocycles. The molecule has 0 unspecified atom stereocenters. The lowest BCUT2D eigenvalue weighted by molar-refractivity contribution is -0.143. The van der Waals surface area contributed by atoms with Crippen molar-refractivity contribution in [1.82, 2.24) is 4.57 Å². The van der Waals surface area contributed by atoms with Crippen LogP contribution in [-0.4, -0.2) is 17.1 Å². The van der Waals surface area contributed by atoms with E-state index in [-0.39, 0.29) is 12.5 Å². The second-order valence-corrected chi connectivity index (χ2v) is 3.74. The summed E-state index contributed by atoms with van der Waals surface area (Å²) < 4.78 is 6.73. The van der Waals surface area contributed by atoms with Crippen LogP contribution in [0, 0.1) is 0 Å². The molecule has 0 N–H and O–H groups in total. The molecule has 0 aliphatic rings. The van der Waals surface area contributed by atoms with Crippen molar-refractivity contribution in [2.24, 2.45) is 0 Å². The number of aromatic nitrogens is 1. The van der Waals surface area contributed by atoms with Crippen molar-refractivity contribution < 1.29 is 9.53 Å². The Balaban J connectivity index is 2.09. The molecule has 2 rings (SSSR count). The molecule has 0 radical (unpaired) electrons. The number of esters is 1. The van der Waals surface area contributed by atoms with Crippen LogP contribution in [0.5, 0.6) is 0 Å². The maximum Gasteiger partial charge on any atom is 0.325 e. The Kier molecular flexibility index (Phi) is 3.60. The fourth-order valence-electron chi connectivity index (χ4n) is 1.70. The van der Waals surface area contributed by atoms with E-state index in [0.29, 0.717) is 6.61 Å². The molecular weight excluding hydrogens is 214 g/mol. The second-order valence-electron chi connectivity index (χ2n) is 3.74. The first-order valence-corrected chi connectivity index (χ1v) is 5.66. The van der Waals surface area contributed by atoms with Crippen LogP contribution in [0.2, 0.25) is 0 Å². The maximum atomic E-state index is 11.3. The average molecular weight is 229 g/mol. The van der Waals surface area contributed by atoms with Crippen LogP contribution >= 0.6 is 0 Å².